The predicted molar refractivity (Wildman–Crippen MR) is 98.9 cm³/mol. The Hall–Kier alpha value is -2.29. The first-order chi connectivity index (χ1) is 11.7. The summed E-state index contributed by atoms with van der Waals surface area (Å²) in [6.07, 6.45) is 2.35. The van der Waals surface area contributed by atoms with E-state index in [-0.39, 0.29) is 5.91 Å². The Labute approximate surface area is 144 Å². The maximum atomic E-state index is 12.8. The molecule has 126 valence electrons. The van der Waals surface area contributed by atoms with E-state index in [0.717, 1.165) is 31.7 Å². The quantitative estimate of drug-likeness (QED) is 0.832. The standard InChI is InChI=1S/C21H26N2O/c1-18-9-8-14-22(15-18)21(24)17-23(20-12-6-3-7-13-20)16-19-10-4-2-5-11-19/h2-7,10-13,18H,8-9,14-17H2,1H3. The van der Waals surface area contributed by atoms with Gasteiger partial charge in [0.15, 0.2) is 0 Å². The monoisotopic (exact) mass is 322 g/mol. The second kappa shape index (κ2) is 8.00. The number of benzene rings is 2. The molecule has 0 aliphatic carbocycles. The molecule has 0 spiro atoms. The van der Waals surface area contributed by atoms with E-state index in [1.807, 2.05) is 41.3 Å². The van der Waals surface area contributed by atoms with Gasteiger partial charge in [-0.3, -0.25) is 4.79 Å². The second-order valence-corrected chi connectivity index (χ2v) is 6.76. The molecule has 1 saturated heterocycles. The molecule has 1 unspecified atom stereocenters. The molecule has 1 heterocycles. The Morgan fingerprint density at radius 1 is 1.08 bits per heavy atom. The summed E-state index contributed by atoms with van der Waals surface area (Å²) in [6, 6.07) is 20.6. The Morgan fingerprint density at radius 3 is 2.42 bits per heavy atom. The van der Waals surface area contributed by atoms with Crippen LogP contribution in [0.3, 0.4) is 0 Å². The van der Waals surface area contributed by atoms with Crippen LogP contribution in [0, 0.1) is 5.92 Å². The highest BCUT2D eigenvalue weighted by atomic mass is 16.2. The van der Waals surface area contributed by atoms with E-state index in [9.17, 15) is 4.79 Å². The normalized spacial score (nSPS) is 17.5. The van der Waals surface area contributed by atoms with Crippen LogP contribution in [0.2, 0.25) is 0 Å². The van der Waals surface area contributed by atoms with Gasteiger partial charge in [-0.1, -0.05) is 55.5 Å². The molecule has 0 saturated carbocycles. The third kappa shape index (κ3) is 4.38. The van der Waals surface area contributed by atoms with Crippen molar-refractivity contribution in [2.45, 2.75) is 26.3 Å². The minimum absolute atomic E-state index is 0.237. The van der Waals surface area contributed by atoms with Gasteiger partial charge in [-0.15, -0.1) is 0 Å². The highest BCUT2D eigenvalue weighted by Gasteiger charge is 2.22. The summed E-state index contributed by atoms with van der Waals surface area (Å²) in [5, 5.41) is 0. The summed E-state index contributed by atoms with van der Waals surface area (Å²) in [4.78, 5) is 17.0. The van der Waals surface area contributed by atoms with Crippen molar-refractivity contribution in [3.05, 3.63) is 66.2 Å². The van der Waals surface area contributed by atoms with Crippen LogP contribution >= 0.6 is 0 Å². The zero-order valence-corrected chi connectivity index (χ0v) is 14.4. The number of rotatable bonds is 5. The lowest BCUT2D eigenvalue weighted by Crippen LogP contribution is -2.44. The van der Waals surface area contributed by atoms with Gasteiger partial charge in [0.25, 0.3) is 0 Å². The van der Waals surface area contributed by atoms with Crippen LogP contribution in [0.1, 0.15) is 25.3 Å². The van der Waals surface area contributed by atoms with E-state index in [1.165, 1.54) is 12.0 Å². The Kier molecular flexibility index (Phi) is 5.52. The zero-order chi connectivity index (χ0) is 16.8. The van der Waals surface area contributed by atoms with E-state index in [4.69, 9.17) is 0 Å². The average Bonchev–Trinajstić information content (AvgIpc) is 2.63. The van der Waals surface area contributed by atoms with Gasteiger partial charge in [0, 0.05) is 25.3 Å². The van der Waals surface area contributed by atoms with Crippen LogP contribution in [0.4, 0.5) is 5.69 Å². The van der Waals surface area contributed by atoms with Crippen molar-refractivity contribution in [1.29, 1.82) is 0 Å². The SMILES string of the molecule is CC1CCCN(C(=O)CN(Cc2ccccc2)c2ccccc2)C1. The maximum Gasteiger partial charge on any atom is 0.242 e. The van der Waals surface area contributed by atoms with Crippen molar-refractivity contribution in [3.63, 3.8) is 0 Å². The first kappa shape index (κ1) is 16.6. The molecule has 0 radical (unpaired) electrons. The van der Waals surface area contributed by atoms with Gasteiger partial charge in [-0.2, -0.15) is 0 Å². The lowest BCUT2D eigenvalue weighted by molar-refractivity contribution is -0.131. The maximum absolute atomic E-state index is 12.8. The third-order valence-corrected chi connectivity index (χ3v) is 4.67. The number of hydrogen-bond donors (Lipinski definition) is 0. The molecule has 2 aromatic carbocycles. The van der Waals surface area contributed by atoms with Gasteiger partial charge < -0.3 is 9.80 Å². The van der Waals surface area contributed by atoms with Gasteiger partial charge in [0.1, 0.15) is 0 Å². The van der Waals surface area contributed by atoms with E-state index < -0.39 is 0 Å². The topological polar surface area (TPSA) is 23.6 Å². The number of carbonyl (C=O) groups is 1. The summed E-state index contributed by atoms with van der Waals surface area (Å²) in [6.45, 7) is 5.22. The summed E-state index contributed by atoms with van der Waals surface area (Å²) < 4.78 is 0. The number of hydrogen-bond acceptors (Lipinski definition) is 2. The largest absolute Gasteiger partial charge is 0.358 e. The molecular weight excluding hydrogens is 296 g/mol. The van der Waals surface area contributed by atoms with Crippen LogP contribution in [0.15, 0.2) is 60.7 Å². The molecule has 2 aromatic rings. The number of piperidine rings is 1. The minimum Gasteiger partial charge on any atom is -0.358 e. The highest BCUT2D eigenvalue weighted by Crippen LogP contribution is 2.19. The van der Waals surface area contributed by atoms with Crippen LogP contribution in [-0.4, -0.2) is 30.4 Å². The van der Waals surface area contributed by atoms with E-state index >= 15 is 0 Å². The molecule has 3 nitrogen and oxygen atoms in total. The van der Waals surface area contributed by atoms with E-state index in [0.29, 0.717) is 12.5 Å². The van der Waals surface area contributed by atoms with E-state index in [2.05, 4.69) is 36.1 Å². The fraction of sp³-hybridized carbons (Fsp3) is 0.381. The van der Waals surface area contributed by atoms with Crippen LogP contribution in [0.5, 0.6) is 0 Å². The van der Waals surface area contributed by atoms with E-state index in [1.54, 1.807) is 0 Å². The molecule has 1 atom stereocenters. The molecule has 3 rings (SSSR count). The first-order valence-corrected chi connectivity index (χ1v) is 8.84. The number of carbonyl (C=O) groups excluding carboxylic acids is 1. The summed E-state index contributed by atoms with van der Waals surface area (Å²) in [7, 11) is 0. The molecule has 1 fully saturated rings. The zero-order valence-electron chi connectivity index (χ0n) is 14.4. The van der Waals surface area contributed by atoms with Crippen molar-refractivity contribution < 1.29 is 4.79 Å². The number of nitrogens with zero attached hydrogens (tertiary/aromatic N) is 2. The summed E-state index contributed by atoms with van der Waals surface area (Å²) in [5.41, 5.74) is 2.32. The van der Waals surface area contributed by atoms with Crippen molar-refractivity contribution >= 4 is 11.6 Å². The molecular formula is C21H26N2O. The third-order valence-electron chi connectivity index (χ3n) is 4.67. The van der Waals surface area contributed by atoms with Crippen molar-refractivity contribution in [1.82, 2.24) is 4.90 Å². The van der Waals surface area contributed by atoms with Crippen LogP contribution < -0.4 is 4.90 Å². The molecule has 1 aliphatic rings. The van der Waals surface area contributed by atoms with Crippen molar-refractivity contribution in [2.75, 3.05) is 24.5 Å². The van der Waals surface area contributed by atoms with Gasteiger partial charge in [-0.25, -0.2) is 0 Å². The van der Waals surface area contributed by atoms with Crippen LogP contribution in [0.25, 0.3) is 0 Å². The molecule has 0 N–H and O–H groups in total. The molecule has 3 heteroatoms. The Bertz CT molecular complexity index is 641. The number of likely N-dealkylation sites (tertiary alicyclic amines) is 1. The molecule has 0 bridgehead atoms. The smallest absolute Gasteiger partial charge is 0.242 e. The lowest BCUT2D eigenvalue weighted by Gasteiger charge is -2.33. The second-order valence-electron chi connectivity index (χ2n) is 6.76. The fourth-order valence-corrected chi connectivity index (χ4v) is 3.36. The molecule has 1 aliphatic heterocycles. The van der Waals surface area contributed by atoms with Gasteiger partial charge >= 0.3 is 0 Å². The van der Waals surface area contributed by atoms with Crippen molar-refractivity contribution in [2.24, 2.45) is 5.92 Å². The Balaban J connectivity index is 1.73. The van der Waals surface area contributed by atoms with Crippen molar-refractivity contribution in [3.8, 4) is 0 Å². The molecule has 24 heavy (non-hydrogen) atoms. The average molecular weight is 322 g/mol. The number of amides is 1. The van der Waals surface area contributed by atoms with Gasteiger partial charge in [0.05, 0.1) is 6.54 Å². The summed E-state index contributed by atoms with van der Waals surface area (Å²) >= 11 is 0. The lowest BCUT2D eigenvalue weighted by atomic mass is 10.0. The predicted octanol–water partition coefficient (Wildman–Crippen LogP) is 3.95. The fourth-order valence-electron chi connectivity index (χ4n) is 3.36. The summed E-state index contributed by atoms with van der Waals surface area (Å²) in [5.74, 6) is 0.850. The van der Waals surface area contributed by atoms with Gasteiger partial charge in [-0.05, 0) is 36.5 Å². The highest BCUT2D eigenvalue weighted by molar-refractivity contribution is 5.81. The minimum atomic E-state index is 0.237. The first-order valence-electron chi connectivity index (χ1n) is 8.84. The Morgan fingerprint density at radius 2 is 1.75 bits per heavy atom. The molecule has 0 aromatic heterocycles. The number of anilines is 1. The van der Waals surface area contributed by atoms with Gasteiger partial charge in [0.2, 0.25) is 5.91 Å². The molecule has 1 amide bonds. The van der Waals surface area contributed by atoms with Crippen LogP contribution in [-0.2, 0) is 11.3 Å². The number of para-hydroxylation sites is 1.